The third-order valence-corrected chi connectivity index (χ3v) is 4.50. The first-order valence-corrected chi connectivity index (χ1v) is 7.58. The van der Waals surface area contributed by atoms with E-state index in [0.29, 0.717) is 32.6 Å². The van der Waals surface area contributed by atoms with Gasteiger partial charge in [0.15, 0.2) is 0 Å². The first-order valence-electron chi connectivity index (χ1n) is 6.76. The number of hydrogen-bond donors (Lipinski definition) is 3. The monoisotopic (exact) mass is 313 g/mol. The maximum absolute atomic E-state index is 11.8. The second-order valence-corrected chi connectivity index (χ2v) is 6.40. The Hall–Kier alpha value is -1.67. The highest BCUT2D eigenvalue weighted by atomic mass is 32.1. The number of carbonyl (C=O) groups is 2. The predicted octanol–water partition coefficient (Wildman–Crippen LogP) is 1.13. The minimum Gasteiger partial charge on any atom is -0.481 e. The molecule has 8 heteroatoms. The molecule has 0 radical (unpaired) electrons. The van der Waals surface area contributed by atoms with Crippen molar-refractivity contribution in [3.8, 4) is 0 Å². The van der Waals surface area contributed by atoms with Gasteiger partial charge in [0.05, 0.1) is 17.0 Å². The number of carboxylic acids is 1. The second kappa shape index (κ2) is 6.86. The van der Waals surface area contributed by atoms with Crippen molar-refractivity contribution in [2.75, 3.05) is 19.8 Å². The Morgan fingerprint density at radius 2 is 2.14 bits per heavy atom. The molecule has 1 aromatic heterocycles. The summed E-state index contributed by atoms with van der Waals surface area (Å²) < 4.78 is 5.19. The maximum atomic E-state index is 11.8. The van der Waals surface area contributed by atoms with Crippen LogP contribution in [0, 0.1) is 12.3 Å². The number of amides is 2. The number of carboxylic acid groups (broad SMARTS) is 1. The highest BCUT2D eigenvalue weighted by Gasteiger charge is 2.40. The van der Waals surface area contributed by atoms with Crippen molar-refractivity contribution in [2.45, 2.75) is 26.3 Å². The minimum atomic E-state index is -0.920. The standard InChI is InChI=1S/C13H19N3O4S/c1-9-14-6-10(21-9)7-15-12(19)16-8-13(11(17)18)2-4-20-5-3-13/h6H,2-5,7-8H2,1H3,(H,17,18)(H2,15,16,19). The van der Waals surface area contributed by atoms with E-state index >= 15 is 0 Å². The van der Waals surface area contributed by atoms with Gasteiger partial charge in [-0.05, 0) is 19.8 Å². The molecule has 1 fully saturated rings. The van der Waals surface area contributed by atoms with Gasteiger partial charge in [-0.2, -0.15) is 0 Å². The van der Waals surface area contributed by atoms with Crippen LogP contribution in [0.15, 0.2) is 6.20 Å². The van der Waals surface area contributed by atoms with Crippen molar-refractivity contribution in [3.05, 3.63) is 16.1 Å². The van der Waals surface area contributed by atoms with Crippen LogP contribution in [0.1, 0.15) is 22.7 Å². The van der Waals surface area contributed by atoms with Gasteiger partial charge in [-0.15, -0.1) is 11.3 Å². The van der Waals surface area contributed by atoms with Crippen LogP contribution in [0.4, 0.5) is 4.79 Å². The summed E-state index contributed by atoms with van der Waals surface area (Å²) in [6, 6.07) is -0.367. The summed E-state index contributed by atoms with van der Waals surface area (Å²) in [5.41, 5.74) is -0.920. The van der Waals surface area contributed by atoms with E-state index in [9.17, 15) is 14.7 Å². The first kappa shape index (κ1) is 15.7. The molecule has 0 aliphatic carbocycles. The number of rotatable bonds is 5. The van der Waals surface area contributed by atoms with Gasteiger partial charge < -0.3 is 20.5 Å². The minimum absolute atomic E-state index is 0.110. The van der Waals surface area contributed by atoms with Gasteiger partial charge in [0, 0.05) is 30.8 Å². The van der Waals surface area contributed by atoms with Gasteiger partial charge in [-0.1, -0.05) is 0 Å². The summed E-state index contributed by atoms with van der Waals surface area (Å²) in [7, 11) is 0. The van der Waals surface area contributed by atoms with Crippen molar-refractivity contribution >= 4 is 23.3 Å². The molecule has 2 heterocycles. The number of aromatic nitrogens is 1. The van der Waals surface area contributed by atoms with Gasteiger partial charge in [0.1, 0.15) is 0 Å². The molecule has 1 aromatic rings. The van der Waals surface area contributed by atoms with Gasteiger partial charge in [-0.3, -0.25) is 4.79 Å². The van der Waals surface area contributed by atoms with Crippen molar-refractivity contribution in [1.29, 1.82) is 0 Å². The third-order valence-electron chi connectivity index (χ3n) is 3.58. The number of nitrogens with one attached hydrogen (secondary N) is 2. The first-order chi connectivity index (χ1) is 10.0. The molecule has 0 aromatic carbocycles. The fourth-order valence-corrected chi connectivity index (χ4v) is 2.93. The van der Waals surface area contributed by atoms with Crippen LogP contribution in [0.2, 0.25) is 0 Å². The summed E-state index contributed by atoms with van der Waals surface area (Å²) in [5, 5.41) is 15.7. The fraction of sp³-hybridized carbons (Fsp3) is 0.615. The largest absolute Gasteiger partial charge is 0.481 e. The highest BCUT2D eigenvalue weighted by Crippen LogP contribution is 2.30. The molecule has 3 N–H and O–H groups in total. The van der Waals surface area contributed by atoms with Crippen LogP contribution in [0.3, 0.4) is 0 Å². The predicted molar refractivity (Wildman–Crippen MR) is 77.2 cm³/mol. The third kappa shape index (κ3) is 4.15. The lowest BCUT2D eigenvalue weighted by molar-refractivity contribution is -0.154. The molecule has 0 atom stereocenters. The molecule has 116 valence electrons. The van der Waals surface area contributed by atoms with Gasteiger partial charge >= 0.3 is 12.0 Å². The summed E-state index contributed by atoms with van der Waals surface area (Å²) in [6.07, 6.45) is 2.55. The van der Waals surface area contributed by atoms with Crippen LogP contribution in [0.5, 0.6) is 0 Å². The number of aryl methyl sites for hydroxylation is 1. The fourth-order valence-electron chi connectivity index (χ4n) is 2.19. The van der Waals surface area contributed by atoms with Crippen LogP contribution in [-0.4, -0.2) is 41.8 Å². The summed E-state index contributed by atoms with van der Waals surface area (Å²) in [4.78, 5) is 28.3. The number of aliphatic carboxylic acids is 1. The SMILES string of the molecule is Cc1ncc(CNC(=O)NCC2(C(=O)O)CCOCC2)s1. The van der Waals surface area contributed by atoms with Gasteiger partial charge in [0.25, 0.3) is 0 Å². The normalized spacial score (nSPS) is 17.2. The molecule has 21 heavy (non-hydrogen) atoms. The molecular formula is C13H19N3O4S. The second-order valence-electron chi connectivity index (χ2n) is 5.08. The molecule has 2 amide bonds. The van der Waals surface area contributed by atoms with Gasteiger partial charge in [0.2, 0.25) is 0 Å². The van der Waals surface area contributed by atoms with Crippen molar-refractivity contribution < 1.29 is 19.4 Å². The molecule has 0 bridgehead atoms. The van der Waals surface area contributed by atoms with E-state index in [4.69, 9.17) is 4.74 Å². The van der Waals surface area contributed by atoms with Crippen molar-refractivity contribution in [2.24, 2.45) is 5.41 Å². The van der Waals surface area contributed by atoms with E-state index in [0.717, 1.165) is 9.88 Å². The van der Waals surface area contributed by atoms with Crippen LogP contribution >= 0.6 is 11.3 Å². The number of ether oxygens (including phenoxy) is 1. The molecule has 1 aliphatic rings. The highest BCUT2D eigenvalue weighted by molar-refractivity contribution is 7.11. The summed E-state index contributed by atoms with van der Waals surface area (Å²) in [6.45, 7) is 3.22. The van der Waals surface area contributed by atoms with E-state index in [1.807, 2.05) is 6.92 Å². The van der Waals surface area contributed by atoms with Crippen molar-refractivity contribution in [1.82, 2.24) is 15.6 Å². The zero-order valence-electron chi connectivity index (χ0n) is 11.8. The van der Waals surface area contributed by atoms with Crippen LogP contribution < -0.4 is 10.6 Å². The Kier molecular flexibility index (Phi) is 5.13. The van der Waals surface area contributed by atoms with E-state index < -0.39 is 11.4 Å². The number of thiazole rings is 1. The lowest BCUT2D eigenvalue weighted by Gasteiger charge is -2.33. The zero-order chi connectivity index (χ0) is 15.3. The Morgan fingerprint density at radius 1 is 1.43 bits per heavy atom. The molecule has 0 saturated carbocycles. The Labute approximate surface area is 126 Å². The lowest BCUT2D eigenvalue weighted by Crippen LogP contribution is -2.48. The summed E-state index contributed by atoms with van der Waals surface area (Å²) >= 11 is 1.52. The van der Waals surface area contributed by atoms with E-state index in [2.05, 4.69) is 15.6 Å². The molecule has 7 nitrogen and oxygen atoms in total. The molecular weight excluding hydrogens is 294 g/mol. The van der Waals surface area contributed by atoms with E-state index in [1.54, 1.807) is 6.20 Å². The average Bonchev–Trinajstić information content (AvgIpc) is 2.89. The van der Waals surface area contributed by atoms with Crippen LogP contribution in [0.25, 0.3) is 0 Å². The Balaban J connectivity index is 1.80. The van der Waals surface area contributed by atoms with E-state index in [1.165, 1.54) is 11.3 Å². The zero-order valence-corrected chi connectivity index (χ0v) is 12.7. The average molecular weight is 313 g/mol. The molecule has 1 saturated heterocycles. The quantitative estimate of drug-likeness (QED) is 0.756. The number of carbonyl (C=O) groups excluding carboxylic acids is 1. The lowest BCUT2D eigenvalue weighted by atomic mass is 9.80. The van der Waals surface area contributed by atoms with Crippen molar-refractivity contribution in [3.63, 3.8) is 0 Å². The topological polar surface area (TPSA) is 101 Å². The van der Waals surface area contributed by atoms with E-state index in [-0.39, 0.29) is 12.6 Å². The Morgan fingerprint density at radius 3 is 2.71 bits per heavy atom. The molecule has 2 rings (SSSR count). The van der Waals surface area contributed by atoms with Gasteiger partial charge in [-0.25, -0.2) is 9.78 Å². The molecule has 0 spiro atoms. The molecule has 1 aliphatic heterocycles. The maximum Gasteiger partial charge on any atom is 0.315 e. The smallest absolute Gasteiger partial charge is 0.315 e. The van der Waals surface area contributed by atoms with Crippen LogP contribution in [-0.2, 0) is 16.1 Å². The number of urea groups is 1. The summed E-state index contributed by atoms with van der Waals surface area (Å²) in [5.74, 6) is -0.885. The number of hydrogen-bond acceptors (Lipinski definition) is 5. The Bertz CT molecular complexity index is 511. The number of nitrogens with zero attached hydrogens (tertiary/aromatic N) is 1. The molecule has 0 unspecified atom stereocenters.